The van der Waals surface area contributed by atoms with E-state index in [0.717, 1.165) is 28.9 Å². The zero-order valence-electron chi connectivity index (χ0n) is 16.3. The highest BCUT2D eigenvalue weighted by atomic mass is 35.5. The fraction of sp³-hybridized carbons (Fsp3) is 0.286. The third kappa shape index (κ3) is 5.59. The fourth-order valence-corrected chi connectivity index (χ4v) is 4.07. The molecule has 158 valence electrons. The summed E-state index contributed by atoms with van der Waals surface area (Å²) in [6.07, 6.45) is 3.39. The smallest absolute Gasteiger partial charge is 0.158 e. The van der Waals surface area contributed by atoms with Gasteiger partial charge in [-0.05, 0) is 42.9 Å². The number of benzene rings is 2. The van der Waals surface area contributed by atoms with E-state index in [9.17, 15) is 9.18 Å². The molecule has 9 heteroatoms. The van der Waals surface area contributed by atoms with Crippen LogP contribution < -0.4 is 10.1 Å². The topological polar surface area (TPSA) is 84.3 Å². The van der Waals surface area contributed by atoms with E-state index in [0.29, 0.717) is 29.2 Å². The van der Waals surface area contributed by atoms with Crippen molar-refractivity contribution in [3.63, 3.8) is 0 Å². The predicted molar refractivity (Wildman–Crippen MR) is 117 cm³/mol. The summed E-state index contributed by atoms with van der Waals surface area (Å²) in [5.41, 5.74) is 1.32. The molecular weight excluding hydrogens is 429 g/mol. The Bertz CT molecular complexity index is 1050. The van der Waals surface area contributed by atoms with Gasteiger partial charge >= 0.3 is 0 Å². The van der Waals surface area contributed by atoms with E-state index >= 15 is 0 Å². The summed E-state index contributed by atoms with van der Waals surface area (Å²) in [5.74, 6) is 1.44. The number of carbonyl (C=O) groups excluding carboxylic acids is 1. The lowest BCUT2D eigenvalue weighted by Gasteiger charge is -2.13. The largest absolute Gasteiger partial charge is 0.496 e. The Morgan fingerprint density at radius 1 is 1.27 bits per heavy atom. The van der Waals surface area contributed by atoms with Crippen LogP contribution in [0.2, 0.25) is 5.02 Å². The van der Waals surface area contributed by atoms with Crippen LogP contribution in [-0.4, -0.2) is 40.3 Å². The molecule has 2 N–H and O–H groups in total. The first-order valence-corrected chi connectivity index (χ1v) is 10.7. The Morgan fingerprint density at radius 3 is 2.83 bits per heavy atom. The van der Waals surface area contributed by atoms with Gasteiger partial charge in [0.05, 0.1) is 22.5 Å². The number of carbonyl (C=O) groups is 1. The number of thioether (sulfide) groups is 1. The summed E-state index contributed by atoms with van der Waals surface area (Å²) in [6, 6.07) is 8.17. The highest BCUT2D eigenvalue weighted by molar-refractivity contribution is 7.99. The molecule has 2 aromatic carbocycles. The molecule has 1 heterocycles. The van der Waals surface area contributed by atoms with Gasteiger partial charge in [0, 0.05) is 23.6 Å². The Morgan fingerprint density at radius 2 is 2.10 bits per heavy atom. The number of hydrogen-bond donors (Lipinski definition) is 2. The van der Waals surface area contributed by atoms with Crippen LogP contribution in [0.4, 0.5) is 15.9 Å². The van der Waals surface area contributed by atoms with Crippen molar-refractivity contribution in [1.29, 1.82) is 0 Å². The Kier molecular flexibility index (Phi) is 7.84. The maximum Gasteiger partial charge on any atom is 0.158 e. The monoisotopic (exact) mass is 449 g/mol. The molecule has 0 spiro atoms. The van der Waals surface area contributed by atoms with Crippen LogP contribution in [0.25, 0.3) is 10.9 Å². The molecule has 0 saturated carbocycles. The Labute approximate surface area is 182 Å². The van der Waals surface area contributed by atoms with Crippen molar-refractivity contribution in [2.24, 2.45) is 0 Å². The second-order valence-corrected chi connectivity index (χ2v) is 8.04. The van der Waals surface area contributed by atoms with Crippen LogP contribution in [0.15, 0.2) is 41.6 Å². The minimum atomic E-state index is -0.487. The number of ketones is 1. The Hall–Kier alpha value is -2.42. The average molecular weight is 450 g/mol. The number of nitrogens with one attached hydrogen (secondary N) is 1. The fourth-order valence-electron chi connectivity index (χ4n) is 2.83. The normalized spacial score (nSPS) is 10.9. The van der Waals surface area contributed by atoms with Crippen molar-refractivity contribution in [3.05, 3.63) is 47.5 Å². The van der Waals surface area contributed by atoms with Crippen molar-refractivity contribution in [2.75, 3.05) is 24.8 Å². The number of nitrogens with zero attached hydrogens (tertiary/aromatic N) is 2. The molecule has 1 aromatic heterocycles. The molecule has 6 nitrogen and oxygen atoms in total. The SMILES string of the molecule is COc1cc2ncnc(Nc3ccc(F)c(Cl)c3)c2cc1SCCCCC(=O)CO. The molecule has 0 aliphatic heterocycles. The van der Waals surface area contributed by atoms with Gasteiger partial charge in [0.1, 0.15) is 30.3 Å². The van der Waals surface area contributed by atoms with Crippen LogP contribution in [0, 0.1) is 5.82 Å². The summed E-state index contributed by atoms with van der Waals surface area (Å²) in [7, 11) is 1.60. The highest BCUT2D eigenvalue weighted by Gasteiger charge is 2.12. The van der Waals surface area contributed by atoms with Crippen molar-refractivity contribution < 1.29 is 19.0 Å². The lowest BCUT2D eigenvalue weighted by atomic mass is 10.2. The average Bonchev–Trinajstić information content (AvgIpc) is 2.75. The molecule has 0 saturated heterocycles. The van der Waals surface area contributed by atoms with Gasteiger partial charge in [0.2, 0.25) is 0 Å². The van der Waals surface area contributed by atoms with E-state index in [1.165, 1.54) is 18.5 Å². The second kappa shape index (κ2) is 10.6. The standard InChI is InChI=1S/C21H21ClFN3O3S/c1-29-19-10-18-15(9-20(19)30-7-3-2-4-14(28)11-27)21(25-12-24-18)26-13-5-6-17(23)16(22)8-13/h5-6,8-10,12,27H,2-4,7,11H2,1H3,(H,24,25,26). The van der Waals surface area contributed by atoms with Crippen LogP contribution in [0.3, 0.4) is 0 Å². The summed E-state index contributed by atoms with van der Waals surface area (Å²) in [5, 5.41) is 12.8. The minimum Gasteiger partial charge on any atom is -0.496 e. The number of unbranched alkanes of at least 4 members (excludes halogenated alkanes) is 1. The molecule has 0 amide bonds. The molecule has 0 atom stereocenters. The molecule has 0 aliphatic rings. The van der Waals surface area contributed by atoms with E-state index in [1.807, 2.05) is 12.1 Å². The maximum absolute atomic E-state index is 13.4. The highest BCUT2D eigenvalue weighted by Crippen LogP contribution is 2.36. The predicted octanol–water partition coefficient (Wildman–Crippen LogP) is 5.00. The summed E-state index contributed by atoms with van der Waals surface area (Å²) >= 11 is 7.48. The molecule has 3 aromatic rings. The molecule has 0 aliphatic carbocycles. The molecule has 30 heavy (non-hydrogen) atoms. The van der Waals surface area contributed by atoms with Gasteiger partial charge in [0.25, 0.3) is 0 Å². The summed E-state index contributed by atoms with van der Waals surface area (Å²) < 4.78 is 18.9. The first-order valence-electron chi connectivity index (χ1n) is 9.32. The number of fused-ring (bicyclic) bond motifs is 1. The molecule has 0 fully saturated rings. The van der Waals surface area contributed by atoms with Crippen molar-refractivity contribution in [2.45, 2.75) is 24.2 Å². The van der Waals surface area contributed by atoms with E-state index in [1.54, 1.807) is 24.9 Å². The third-order valence-corrected chi connectivity index (χ3v) is 5.80. The van der Waals surface area contributed by atoms with Crippen LogP contribution in [0.1, 0.15) is 19.3 Å². The van der Waals surface area contributed by atoms with Gasteiger partial charge in [0.15, 0.2) is 5.78 Å². The number of ether oxygens (including phenoxy) is 1. The number of halogens is 2. The first kappa shape index (κ1) is 22.3. The number of methoxy groups -OCH3 is 1. The number of aliphatic hydroxyl groups excluding tert-OH is 1. The zero-order valence-corrected chi connectivity index (χ0v) is 17.9. The number of Topliss-reactive ketones (excluding diaryl/α,β-unsaturated/α-hetero) is 1. The number of anilines is 2. The van der Waals surface area contributed by atoms with Crippen LogP contribution in [0.5, 0.6) is 5.75 Å². The number of rotatable bonds is 10. The third-order valence-electron chi connectivity index (χ3n) is 4.39. The van der Waals surface area contributed by atoms with Gasteiger partial charge in [-0.15, -0.1) is 11.8 Å². The minimum absolute atomic E-state index is 0.0240. The van der Waals surface area contributed by atoms with Crippen molar-refractivity contribution >= 4 is 51.6 Å². The molecule has 0 bridgehead atoms. The zero-order chi connectivity index (χ0) is 21.5. The summed E-state index contributed by atoms with van der Waals surface area (Å²) in [6.45, 7) is -0.402. The van der Waals surface area contributed by atoms with Crippen molar-refractivity contribution in [1.82, 2.24) is 9.97 Å². The molecular formula is C21H21ClFN3O3S. The number of hydrogen-bond acceptors (Lipinski definition) is 7. The Balaban J connectivity index is 1.80. The maximum atomic E-state index is 13.4. The van der Waals surface area contributed by atoms with E-state index < -0.39 is 12.4 Å². The summed E-state index contributed by atoms with van der Waals surface area (Å²) in [4.78, 5) is 20.8. The lowest BCUT2D eigenvalue weighted by Crippen LogP contribution is -2.02. The second-order valence-electron chi connectivity index (χ2n) is 6.50. The quantitative estimate of drug-likeness (QED) is 0.333. The van der Waals surface area contributed by atoms with Crippen LogP contribution in [-0.2, 0) is 4.79 Å². The van der Waals surface area contributed by atoms with Gasteiger partial charge in [-0.2, -0.15) is 0 Å². The first-order chi connectivity index (χ1) is 14.5. The van der Waals surface area contributed by atoms with Crippen LogP contribution >= 0.6 is 23.4 Å². The van der Waals surface area contributed by atoms with Gasteiger partial charge in [-0.1, -0.05) is 11.6 Å². The molecule has 0 unspecified atom stereocenters. The molecule has 3 rings (SSSR count). The van der Waals surface area contributed by atoms with Gasteiger partial charge in [-0.3, -0.25) is 4.79 Å². The van der Waals surface area contributed by atoms with E-state index in [2.05, 4.69) is 15.3 Å². The number of aromatic nitrogens is 2. The van der Waals surface area contributed by atoms with Crippen molar-refractivity contribution in [3.8, 4) is 5.75 Å². The lowest BCUT2D eigenvalue weighted by molar-refractivity contribution is -0.121. The number of aliphatic hydroxyl groups is 1. The van der Waals surface area contributed by atoms with E-state index in [4.69, 9.17) is 21.4 Å². The van der Waals surface area contributed by atoms with Gasteiger partial charge < -0.3 is 15.2 Å². The van der Waals surface area contributed by atoms with E-state index in [-0.39, 0.29) is 10.8 Å². The molecule has 0 radical (unpaired) electrons. The van der Waals surface area contributed by atoms with Gasteiger partial charge in [-0.25, -0.2) is 14.4 Å².